The van der Waals surface area contributed by atoms with Gasteiger partial charge in [0.15, 0.2) is 0 Å². The summed E-state index contributed by atoms with van der Waals surface area (Å²) >= 11 is 0. The van der Waals surface area contributed by atoms with Gasteiger partial charge in [-0.25, -0.2) is 10.9 Å². The number of rotatable bonds is 7. The minimum absolute atomic E-state index is 0.0170. The molecule has 4 rings (SSSR count). The highest BCUT2D eigenvalue weighted by atomic mass is 16.5. The van der Waals surface area contributed by atoms with Crippen molar-refractivity contribution in [3.63, 3.8) is 0 Å². The Morgan fingerprint density at radius 2 is 1.83 bits per heavy atom. The predicted molar refractivity (Wildman–Crippen MR) is 113 cm³/mol. The van der Waals surface area contributed by atoms with E-state index in [1.165, 1.54) is 0 Å². The van der Waals surface area contributed by atoms with Gasteiger partial charge < -0.3 is 19.8 Å². The van der Waals surface area contributed by atoms with Crippen molar-refractivity contribution in [1.82, 2.24) is 15.8 Å². The molecule has 2 aromatic carbocycles. The first kappa shape index (κ1) is 20.7. The molecule has 2 aliphatic heterocycles. The number of carbonyl (C=O) groups is 1. The third-order valence-electron chi connectivity index (χ3n) is 5.89. The van der Waals surface area contributed by atoms with Gasteiger partial charge in [-0.05, 0) is 44.0 Å². The predicted octanol–water partition coefficient (Wildman–Crippen LogP) is 2.63. The number of likely N-dealkylation sites (tertiary alicyclic amines) is 1. The molecule has 2 fully saturated rings. The van der Waals surface area contributed by atoms with Crippen LogP contribution in [0, 0.1) is 5.92 Å². The molecule has 4 atom stereocenters. The van der Waals surface area contributed by atoms with E-state index in [-0.39, 0.29) is 41.5 Å². The average molecular weight is 412 g/mol. The molecule has 1 amide bonds. The molecule has 7 nitrogen and oxygen atoms in total. The zero-order valence-corrected chi connectivity index (χ0v) is 17.3. The van der Waals surface area contributed by atoms with Crippen molar-refractivity contribution in [3.8, 4) is 11.5 Å². The summed E-state index contributed by atoms with van der Waals surface area (Å²) in [6.45, 7) is 5.13. The van der Waals surface area contributed by atoms with Gasteiger partial charge in [-0.15, -0.1) is 0 Å². The molecule has 0 saturated carbocycles. The van der Waals surface area contributed by atoms with Gasteiger partial charge in [0.2, 0.25) is 5.91 Å². The lowest BCUT2D eigenvalue weighted by atomic mass is 9.83. The second-order valence-corrected chi connectivity index (χ2v) is 8.22. The molecular weight excluding hydrogens is 382 g/mol. The molecule has 4 N–H and O–H groups in total. The van der Waals surface area contributed by atoms with E-state index in [0.29, 0.717) is 13.2 Å². The fraction of sp³-hybridized carbons (Fsp3) is 0.435. The number of nitrogens with zero attached hydrogens (tertiary/aromatic N) is 1. The Morgan fingerprint density at radius 3 is 2.57 bits per heavy atom. The Balaban J connectivity index is 1.66. The molecule has 0 bridgehead atoms. The van der Waals surface area contributed by atoms with Gasteiger partial charge in [-0.2, -0.15) is 0 Å². The van der Waals surface area contributed by atoms with E-state index in [4.69, 9.17) is 4.74 Å². The maximum atomic E-state index is 13.3. The van der Waals surface area contributed by atoms with Crippen molar-refractivity contribution in [2.45, 2.75) is 44.5 Å². The molecule has 0 spiro atoms. The number of hydrogen-bond acceptors (Lipinski definition) is 6. The van der Waals surface area contributed by atoms with E-state index in [0.717, 1.165) is 17.5 Å². The number of para-hydroxylation sites is 1. The first-order valence-corrected chi connectivity index (χ1v) is 10.5. The molecule has 0 aliphatic carbocycles. The fourth-order valence-electron chi connectivity index (χ4n) is 4.63. The van der Waals surface area contributed by atoms with Crippen molar-refractivity contribution < 1.29 is 19.7 Å². The molecule has 2 heterocycles. The molecule has 0 aromatic heterocycles. The summed E-state index contributed by atoms with van der Waals surface area (Å²) in [6, 6.07) is 13.4. The number of carbonyl (C=O) groups excluding carboxylic acids is 1. The second kappa shape index (κ2) is 8.63. The number of benzene rings is 2. The van der Waals surface area contributed by atoms with Crippen molar-refractivity contribution in [1.29, 1.82) is 0 Å². The van der Waals surface area contributed by atoms with E-state index >= 15 is 0 Å². The fourth-order valence-corrected chi connectivity index (χ4v) is 4.63. The quantitative estimate of drug-likeness (QED) is 0.524. The third kappa shape index (κ3) is 3.88. The molecular formula is C23H29N3O4. The van der Waals surface area contributed by atoms with Gasteiger partial charge in [0.25, 0.3) is 0 Å². The summed E-state index contributed by atoms with van der Waals surface area (Å²) in [6.07, 6.45) is 0.879. The van der Waals surface area contributed by atoms with Crippen LogP contribution in [0.3, 0.4) is 0 Å². The lowest BCUT2D eigenvalue weighted by Crippen LogP contribution is -2.41. The lowest BCUT2D eigenvalue weighted by molar-refractivity contribution is -0.131. The zero-order valence-electron chi connectivity index (χ0n) is 17.3. The number of fused-ring (bicyclic) bond motifs is 1. The largest absolute Gasteiger partial charge is 0.508 e. The summed E-state index contributed by atoms with van der Waals surface area (Å²) in [5.41, 5.74) is 8.00. The maximum Gasteiger partial charge on any atom is 0.242 e. The Kier molecular flexibility index (Phi) is 5.94. The number of aromatic hydroxyl groups is 2. The van der Waals surface area contributed by atoms with Gasteiger partial charge in [0.05, 0.1) is 18.2 Å². The van der Waals surface area contributed by atoms with Gasteiger partial charge >= 0.3 is 0 Å². The van der Waals surface area contributed by atoms with Gasteiger partial charge in [0.1, 0.15) is 17.5 Å². The summed E-state index contributed by atoms with van der Waals surface area (Å²) in [5.74, 6) is 0.245. The van der Waals surface area contributed by atoms with Gasteiger partial charge in [0, 0.05) is 24.6 Å². The highest BCUT2D eigenvalue weighted by Gasteiger charge is 2.55. The smallest absolute Gasteiger partial charge is 0.242 e. The van der Waals surface area contributed by atoms with E-state index < -0.39 is 6.04 Å². The second-order valence-electron chi connectivity index (χ2n) is 8.22. The van der Waals surface area contributed by atoms with Crippen molar-refractivity contribution in [2.75, 3.05) is 13.2 Å². The van der Waals surface area contributed by atoms with E-state index in [1.54, 1.807) is 30.3 Å². The van der Waals surface area contributed by atoms with E-state index in [9.17, 15) is 15.0 Å². The molecule has 4 unspecified atom stereocenters. The number of phenolic OH excluding ortho intramolecular Hbond substituents is 2. The normalized spacial score (nSPS) is 25.8. The highest BCUT2D eigenvalue weighted by Crippen LogP contribution is 2.48. The van der Waals surface area contributed by atoms with Crippen LogP contribution >= 0.6 is 0 Å². The van der Waals surface area contributed by atoms with Crippen LogP contribution in [0.25, 0.3) is 0 Å². The molecule has 2 saturated heterocycles. The number of hydrazine groups is 1. The maximum absolute atomic E-state index is 13.3. The third-order valence-corrected chi connectivity index (χ3v) is 5.89. The SMILES string of the molecule is CC(C)OCCCN1C(=O)C2NNC(c3ccccc3O)C2C1c1cccc(O)c1. The Hall–Kier alpha value is -2.61. The summed E-state index contributed by atoms with van der Waals surface area (Å²) in [7, 11) is 0. The average Bonchev–Trinajstić information content (AvgIpc) is 3.25. The van der Waals surface area contributed by atoms with Crippen LogP contribution in [0.4, 0.5) is 0 Å². The Labute approximate surface area is 176 Å². The first-order valence-electron chi connectivity index (χ1n) is 10.5. The zero-order chi connectivity index (χ0) is 21.3. The van der Waals surface area contributed by atoms with Crippen LogP contribution < -0.4 is 10.9 Å². The number of amides is 1. The van der Waals surface area contributed by atoms with Crippen LogP contribution in [-0.4, -0.2) is 46.3 Å². The first-order chi connectivity index (χ1) is 14.5. The number of phenols is 2. The summed E-state index contributed by atoms with van der Waals surface area (Å²) in [4.78, 5) is 15.2. The van der Waals surface area contributed by atoms with Gasteiger partial charge in [-0.3, -0.25) is 4.79 Å². The van der Waals surface area contributed by atoms with E-state index in [2.05, 4.69) is 10.9 Å². The highest BCUT2D eigenvalue weighted by molar-refractivity contribution is 5.86. The summed E-state index contributed by atoms with van der Waals surface area (Å²) in [5, 5.41) is 20.5. The van der Waals surface area contributed by atoms with Gasteiger partial charge in [-0.1, -0.05) is 30.3 Å². The Bertz CT molecular complexity index is 904. The molecule has 2 aliphatic rings. The molecule has 0 radical (unpaired) electrons. The molecule has 30 heavy (non-hydrogen) atoms. The van der Waals surface area contributed by atoms with Crippen molar-refractivity contribution in [3.05, 3.63) is 59.7 Å². The molecule has 2 aromatic rings. The monoisotopic (exact) mass is 411 g/mol. The summed E-state index contributed by atoms with van der Waals surface area (Å²) < 4.78 is 5.66. The van der Waals surface area contributed by atoms with Crippen LogP contribution in [-0.2, 0) is 9.53 Å². The van der Waals surface area contributed by atoms with Crippen LogP contribution in [0.2, 0.25) is 0 Å². The Morgan fingerprint density at radius 1 is 1.07 bits per heavy atom. The lowest BCUT2D eigenvalue weighted by Gasteiger charge is -2.31. The minimum atomic E-state index is -0.409. The standard InChI is InChI=1S/C23H29N3O4/c1-14(2)30-12-6-11-26-22(15-7-5-8-16(27)13-15)19-20(24-25-21(19)23(26)29)17-9-3-4-10-18(17)28/h3-5,7-10,13-14,19-22,24-25,27-28H,6,11-12H2,1-2H3. The minimum Gasteiger partial charge on any atom is -0.508 e. The molecule has 7 heteroatoms. The van der Waals surface area contributed by atoms with Crippen molar-refractivity contribution >= 4 is 5.91 Å². The van der Waals surface area contributed by atoms with Crippen LogP contribution in [0.1, 0.15) is 43.5 Å². The van der Waals surface area contributed by atoms with Crippen LogP contribution in [0.15, 0.2) is 48.5 Å². The topological polar surface area (TPSA) is 94.1 Å². The number of nitrogens with one attached hydrogen (secondary N) is 2. The van der Waals surface area contributed by atoms with Crippen LogP contribution in [0.5, 0.6) is 11.5 Å². The number of ether oxygens (including phenoxy) is 1. The van der Waals surface area contributed by atoms with E-state index in [1.807, 2.05) is 36.9 Å². The molecule has 160 valence electrons. The van der Waals surface area contributed by atoms with Crippen molar-refractivity contribution in [2.24, 2.45) is 5.92 Å². The number of hydrogen-bond donors (Lipinski definition) is 4.